The highest BCUT2D eigenvalue weighted by molar-refractivity contribution is 5.85. The molecule has 21 heavy (non-hydrogen) atoms. The maximum atomic E-state index is 11.0. The molecule has 0 spiro atoms. The second-order valence-corrected chi connectivity index (χ2v) is 5.31. The van der Waals surface area contributed by atoms with Crippen molar-refractivity contribution in [3.63, 3.8) is 0 Å². The van der Waals surface area contributed by atoms with E-state index in [0.29, 0.717) is 12.6 Å². The number of aromatic carboxylic acids is 1. The summed E-state index contributed by atoms with van der Waals surface area (Å²) >= 11 is 0. The topological polar surface area (TPSA) is 71.2 Å². The van der Waals surface area contributed by atoms with Crippen molar-refractivity contribution in [2.75, 3.05) is 6.54 Å². The zero-order valence-electron chi connectivity index (χ0n) is 11.7. The zero-order valence-corrected chi connectivity index (χ0v) is 11.7. The molecule has 1 saturated heterocycles. The fraction of sp³-hybridized carbons (Fsp3) is 0.400. The lowest BCUT2D eigenvalue weighted by Crippen LogP contribution is -2.33. The molecule has 0 bridgehead atoms. The van der Waals surface area contributed by atoms with Gasteiger partial charge in [0.15, 0.2) is 0 Å². The average Bonchev–Trinajstić information content (AvgIpc) is 3.12. The van der Waals surface area contributed by atoms with E-state index in [0.717, 1.165) is 31.6 Å². The van der Waals surface area contributed by atoms with E-state index in [-0.39, 0.29) is 5.69 Å². The highest BCUT2D eigenvalue weighted by Gasteiger charge is 2.25. The van der Waals surface area contributed by atoms with E-state index in [1.54, 1.807) is 12.3 Å². The third kappa shape index (κ3) is 3.28. The van der Waals surface area contributed by atoms with E-state index >= 15 is 0 Å². The highest BCUT2D eigenvalue weighted by Crippen LogP contribution is 2.20. The SMILES string of the molecule is O=C(O)c1cccc(CN2CCC[C@@H]2Cn2cccn2)n1. The minimum Gasteiger partial charge on any atom is -0.477 e. The van der Waals surface area contributed by atoms with Gasteiger partial charge in [-0.25, -0.2) is 9.78 Å². The lowest BCUT2D eigenvalue weighted by molar-refractivity contribution is 0.0690. The van der Waals surface area contributed by atoms with Crippen LogP contribution in [0.4, 0.5) is 0 Å². The van der Waals surface area contributed by atoms with Crippen LogP contribution in [-0.2, 0) is 13.1 Å². The number of pyridine rings is 1. The normalized spacial score (nSPS) is 19.0. The van der Waals surface area contributed by atoms with E-state index in [1.807, 2.05) is 23.0 Å². The van der Waals surface area contributed by atoms with Gasteiger partial charge in [0.2, 0.25) is 0 Å². The van der Waals surface area contributed by atoms with Crippen LogP contribution < -0.4 is 0 Å². The summed E-state index contributed by atoms with van der Waals surface area (Å²) in [4.78, 5) is 17.5. The Hall–Kier alpha value is -2.21. The van der Waals surface area contributed by atoms with Gasteiger partial charge in [0, 0.05) is 25.0 Å². The second-order valence-electron chi connectivity index (χ2n) is 5.31. The number of carboxylic acids is 1. The molecule has 2 aromatic rings. The summed E-state index contributed by atoms with van der Waals surface area (Å²) in [6, 6.07) is 7.52. The lowest BCUT2D eigenvalue weighted by Gasteiger charge is -2.24. The van der Waals surface area contributed by atoms with Crippen molar-refractivity contribution in [3.05, 3.63) is 48.0 Å². The van der Waals surface area contributed by atoms with Crippen LogP contribution >= 0.6 is 0 Å². The molecular formula is C15H18N4O2. The summed E-state index contributed by atoms with van der Waals surface area (Å²) < 4.78 is 1.95. The number of rotatable bonds is 5. The fourth-order valence-electron chi connectivity index (χ4n) is 2.83. The Balaban J connectivity index is 1.68. The van der Waals surface area contributed by atoms with Crippen molar-refractivity contribution in [3.8, 4) is 0 Å². The minimum atomic E-state index is -0.980. The first-order valence-electron chi connectivity index (χ1n) is 7.13. The number of carbonyl (C=O) groups is 1. The first-order chi connectivity index (χ1) is 10.2. The molecular weight excluding hydrogens is 268 g/mol. The average molecular weight is 286 g/mol. The van der Waals surface area contributed by atoms with Gasteiger partial charge in [-0.15, -0.1) is 0 Å². The predicted octanol–water partition coefficient (Wildman–Crippen LogP) is 1.64. The Labute approximate surface area is 123 Å². The summed E-state index contributed by atoms with van der Waals surface area (Å²) in [5, 5.41) is 13.3. The molecule has 2 aromatic heterocycles. The number of carboxylic acid groups (broad SMARTS) is 1. The first kappa shape index (κ1) is 13.8. The van der Waals surface area contributed by atoms with Crippen molar-refractivity contribution in [1.82, 2.24) is 19.7 Å². The molecule has 1 atom stereocenters. The quantitative estimate of drug-likeness (QED) is 0.904. The van der Waals surface area contributed by atoms with Crippen LogP contribution in [0.25, 0.3) is 0 Å². The fourth-order valence-corrected chi connectivity index (χ4v) is 2.83. The van der Waals surface area contributed by atoms with Crippen LogP contribution in [0.5, 0.6) is 0 Å². The number of hydrogen-bond acceptors (Lipinski definition) is 4. The van der Waals surface area contributed by atoms with E-state index in [1.165, 1.54) is 6.07 Å². The summed E-state index contributed by atoms with van der Waals surface area (Å²) in [6.45, 7) is 2.57. The molecule has 6 nitrogen and oxygen atoms in total. The van der Waals surface area contributed by atoms with Crippen LogP contribution in [0.1, 0.15) is 29.0 Å². The van der Waals surface area contributed by atoms with Gasteiger partial charge >= 0.3 is 5.97 Å². The molecule has 3 rings (SSSR count). The third-order valence-electron chi connectivity index (χ3n) is 3.85. The van der Waals surface area contributed by atoms with Crippen molar-refractivity contribution in [2.24, 2.45) is 0 Å². The number of likely N-dealkylation sites (tertiary alicyclic amines) is 1. The van der Waals surface area contributed by atoms with Gasteiger partial charge in [-0.05, 0) is 37.6 Å². The minimum absolute atomic E-state index is 0.107. The van der Waals surface area contributed by atoms with Crippen molar-refractivity contribution < 1.29 is 9.90 Å². The Bertz CT molecular complexity index is 612. The largest absolute Gasteiger partial charge is 0.477 e. The Morgan fingerprint density at radius 1 is 1.38 bits per heavy atom. The smallest absolute Gasteiger partial charge is 0.354 e. The van der Waals surface area contributed by atoms with Gasteiger partial charge < -0.3 is 5.11 Å². The van der Waals surface area contributed by atoms with Crippen molar-refractivity contribution >= 4 is 5.97 Å². The third-order valence-corrected chi connectivity index (χ3v) is 3.85. The summed E-state index contributed by atoms with van der Waals surface area (Å²) in [7, 11) is 0. The van der Waals surface area contributed by atoms with E-state index in [4.69, 9.17) is 5.11 Å². The molecule has 0 aromatic carbocycles. The molecule has 0 radical (unpaired) electrons. The van der Waals surface area contributed by atoms with Crippen molar-refractivity contribution in [1.29, 1.82) is 0 Å². The second kappa shape index (κ2) is 6.05. The molecule has 3 heterocycles. The van der Waals surface area contributed by atoms with Gasteiger partial charge in [-0.1, -0.05) is 6.07 Å². The van der Waals surface area contributed by atoms with Crippen LogP contribution in [0.3, 0.4) is 0 Å². The lowest BCUT2D eigenvalue weighted by atomic mass is 10.2. The first-order valence-corrected chi connectivity index (χ1v) is 7.13. The monoisotopic (exact) mass is 286 g/mol. The number of hydrogen-bond donors (Lipinski definition) is 1. The Morgan fingerprint density at radius 2 is 2.29 bits per heavy atom. The maximum Gasteiger partial charge on any atom is 0.354 e. The predicted molar refractivity (Wildman–Crippen MR) is 76.9 cm³/mol. The van der Waals surface area contributed by atoms with E-state index in [2.05, 4.69) is 15.0 Å². The van der Waals surface area contributed by atoms with Gasteiger partial charge in [-0.2, -0.15) is 5.10 Å². The molecule has 0 unspecified atom stereocenters. The van der Waals surface area contributed by atoms with Crippen LogP contribution in [0, 0.1) is 0 Å². The van der Waals surface area contributed by atoms with Gasteiger partial charge in [0.1, 0.15) is 5.69 Å². The molecule has 0 aliphatic carbocycles. The molecule has 1 aliphatic rings. The van der Waals surface area contributed by atoms with E-state index in [9.17, 15) is 4.79 Å². The van der Waals surface area contributed by atoms with Gasteiger partial charge in [0.05, 0.1) is 12.2 Å². The maximum absolute atomic E-state index is 11.0. The molecule has 1 aliphatic heterocycles. The summed E-state index contributed by atoms with van der Waals surface area (Å²) in [6.07, 6.45) is 6.06. The Kier molecular flexibility index (Phi) is 3.96. The Morgan fingerprint density at radius 3 is 3.05 bits per heavy atom. The van der Waals surface area contributed by atoms with Crippen LogP contribution in [0.15, 0.2) is 36.7 Å². The number of aromatic nitrogens is 3. The van der Waals surface area contributed by atoms with Gasteiger partial charge in [-0.3, -0.25) is 9.58 Å². The van der Waals surface area contributed by atoms with Gasteiger partial charge in [0.25, 0.3) is 0 Å². The molecule has 0 saturated carbocycles. The molecule has 0 amide bonds. The van der Waals surface area contributed by atoms with Crippen LogP contribution in [-0.4, -0.2) is 43.3 Å². The molecule has 6 heteroatoms. The summed E-state index contributed by atoms with van der Waals surface area (Å²) in [5.41, 5.74) is 0.914. The standard InChI is InChI=1S/C15H18N4O2/c20-15(21)14-6-1-4-12(17-14)10-18-8-2-5-13(18)11-19-9-3-7-16-19/h1,3-4,6-7,9,13H,2,5,8,10-11H2,(H,20,21)/t13-/m1/s1. The summed E-state index contributed by atoms with van der Waals surface area (Å²) in [5.74, 6) is -0.980. The number of nitrogens with zero attached hydrogens (tertiary/aromatic N) is 4. The van der Waals surface area contributed by atoms with E-state index < -0.39 is 5.97 Å². The zero-order chi connectivity index (χ0) is 14.7. The molecule has 1 fully saturated rings. The molecule has 110 valence electrons. The van der Waals surface area contributed by atoms with Crippen molar-refractivity contribution in [2.45, 2.75) is 32.0 Å². The highest BCUT2D eigenvalue weighted by atomic mass is 16.4. The molecule has 1 N–H and O–H groups in total. The van der Waals surface area contributed by atoms with Crippen LogP contribution in [0.2, 0.25) is 0 Å².